The Morgan fingerprint density at radius 3 is 2.95 bits per heavy atom. The van der Waals surface area contributed by atoms with Crippen LogP contribution in [0, 0.1) is 0 Å². The molecule has 1 unspecified atom stereocenters. The summed E-state index contributed by atoms with van der Waals surface area (Å²) in [5.74, 6) is 1.68. The van der Waals surface area contributed by atoms with Gasteiger partial charge >= 0.3 is 0 Å². The Labute approximate surface area is 117 Å². The average Bonchev–Trinajstić information content (AvgIpc) is 2.99. The van der Waals surface area contributed by atoms with Crippen LogP contribution < -0.4 is 9.47 Å². The summed E-state index contributed by atoms with van der Waals surface area (Å²) in [5, 5.41) is 10.7. The SMILES string of the molecule is O[C@@H]1CN2Cc3cc4c(cc3[C@]13CC=CC[C@H]23)OCO4. The number of aliphatic hydroxyl groups is 1. The van der Waals surface area contributed by atoms with Crippen molar-refractivity contribution < 1.29 is 14.6 Å². The molecule has 0 saturated carbocycles. The van der Waals surface area contributed by atoms with Crippen molar-refractivity contribution in [2.75, 3.05) is 13.3 Å². The molecule has 3 heterocycles. The molecule has 0 amide bonds. The van der Waals surface area contributed by atoms with Crippen LogP contribution in [-0.2, 0) is 12.0 Å². The van der Waals surface area contributed by atoms with E-state index in [0.29, 0.717) is 12.8 Å². The van der Waals surface area contributed by atoms with Crippen LogP contribution in [0.15, 0.2) is 24.3 Å². The molecule has 1 N–H and O–H groups in total. The monoisotopic (exact) mass is 271 g/mol. The lowest BCUT2D eigenvalue weighted by Crippen LogP contribution is -2.50. The number of benzene rings is 1. The van der Waals surface area contributed by atoms with E-state index in [1.807, 2.05) is 0 Å². The molecule has 1 fully saturated rings. The largest absolute Gasteiger partial charge is 0.454 e. The van der Waals surface area contributed by atoms with Crippen LogP contribution in [0.25, 0.3) is 0 Å². The summed E-state index contributed by atoms with van der Waals surface area (Å²) in [6.45, 7) is 1.98. The van der Waals surface area contributed by atoms with E-state index in [1.165, 1.54) is 11.1 Å². The maximum Gasteiger partial charge on any atom is 0.231 e. The summed E-state index contributed by atoms with van der Waals surface area (Å²) in [4.78, 5) is 2.43. The molecule has 104 valence electrons. The molecular formula is C16H17NO3. The summed E-state index contributed by atoms with van der Waals surface area (Å²) in [7, 11) is 0. The Morgan fingerprint density at radius 1 is 1.20 bits per heavy atom. The van der Waals surface area contributed by atoms with Gasteiger partial charge in [-0.15, -0.1) is 0 Å². The zero-order chi connectivity index (χ0) is 13.3. The third kappa shape index (κ3) is 1.15. The predicted octanol–water partition coefficient (Wildman–Crippen LogP) is 1.56. The Balaban J connectivity index is 1.77. The predicted molar refractivity (Wildman–Crippen MR) is 72.8 cm³/mol. The first-order chi connectivity index (χ1) is 9.79. The molecule has 5 rings (SSSR count). The van der Waals surface area contributed by atoms with Gasteiger partial charge in [0.25, 0.3) is 0 Å². The van der Waals surface area contributed by atoms with Gasteiger partial charge in [-0.25, -0.2) is 0 Å². The molecule has 1 saturated heterocycles. The van der Waals surface area contributed by atoms with Crippen LogP contribution in [-0.4, -0.2) is 35.5 Å². The van der Waals surface area contributed by atoms with Crippen molar-refractivity contribution in [2.24, 2.45) is 0 Å². The van der Waals surface area contributed by atoms with E-state index in [2.05, 4.69) is 29.2 Å². The zero-order valence-electron chi connectivity index (χ0n) is 11.2. The normalized spacial score (nSPS) is 39.5. The minimum atomic E-state index is -0.293. The van der Waals surface area contributed by atoms with E-state index in [1.54, 1.807) is 0 Å². The van der Waals surface area contributed by atoms with Gasteiger partial charge in [0.1, 0.15) is 0 Å². The Kier molecular flexibility index (Phi) is 1.99. The summed E-state index contributed by atoms with van der Waals surface area (Å²) in [6.07, 6.45) is 6.14. The van der Waals surface area contributed by atoms with Gasteiger partial charge in [0, 0.05) is 24.5 Å². The van der Waals surface area contributed by atoms with Gasteiger partial charge in [0.15, 0.2) is 11.5 Å². The van der Waals surface area contributed by atoms with Gasteiger partial charge < -0.3 is 14.6 Å². The van der Waals surface area contributed by atoms with Crippen molar-refractivity contribution >= 4 is 0 Å². The number of hydrogen-bond donors (Lipinski definition) is 1. The number of hydrogen-bond acceptors (Lipinski definition) is 4. The quantitative estimate of drug-likeness (QED) is 0.727. The van der Waals surface area contributed by atoms with Crippen molar-refractivity contribution in [1.82, 2.24) is 4.90 Å². The minimum absolute atomic E-state index is 0.149. The Morgan fingerprint density at radius 2 is 2.05 bits per heavy atom. The molecule has 4 aliphatic rings. The van der Waals surface area contributed by atoms with Crippen molar-refractivity contribution in [3.05, 3.63) is 35.4 Å². The van der Waals surface area contributed by atoms with E-state index in [4.69, 9.17) is 9.47 Å². The third-order valence-corrected chi connectivity index (χ3v) is 5.49. The van der Waals surface area contributed by atoms with E-state index >= 15 is 0 Å². The van der Waals surface area contributed by atoms with Crippen molar-refractivity contribution in [2.45, 2.75) is 36.9 Å². The zero-order valence-corrected chi connectivity index (χ0v) is 11.2. The smallest absolute Gasteiger partial charge is 0.231 e. The minimum Gasteiger partial charge on any atom is -0.454 e. The number of aliphatic hydroxyl groups excluding tert-OH is 1. The summed E-state index contributed by atoms with van der Waals surface area (Å²) >= 11 is 0. The molecule has 4 heteroatoms. The molecule has 4 atom stereocenters. The van der Waals surface area contributed by atoms with Crippen LogP contribution in [0.4, 0.5) is 0 Å². The Bertz CT molecular complexity index is 626. The fraction of sp³-hybridized carbons (Fsp3) is 0.500. The van der Waals surface area contributed by atoms with E-state index < -0.39 is 0 Å². The fourth-order valence-corrected chi connectivity index (χ4v) is 4.61. The topological polar surface area (TPSA) is 41.9 Å². The molecule has 1 aromatic carbocycles. The van der Waals surface area contributed by atoms with E-state index in [-0.39, 0.29) is 11.5 Å². The summed E-state index contributed by atoms with van der Waals surface area (Å²) in [6, 6.07) is 4.66. The fourth-order valence-electron chi connectivity index (χ4n) is 4.61. The highest BCUT2D eigenvalue weighted by Crippen LogP contribution is 2.54. The molecule has 1 aromatic rings. The molecule has 0 aromatic heterocycles. The van der Waals surface area contributed by atoms with E-state index in [0.717, 1.165) is 37.4 Å². The lowest BCUT2D eigenvalue weighted by atomic mass is 9.64. The molecule has 0 radical (unpaired) electrons. The number of fused-ring (bicyclic) bond motifs is 2. The third-order valence-electron chi connectivity index (χ3n) is 5.49. The highest BCUT2D eigenvalue weighted by atomic mass is 16.7. The average molecular weight is 271 g/mol. The highest BCUT2D eigenvalue weighted by Gasteiger charge is 2.58. The van der Waals surface area contributed by atoms with Gasteiger partial charge in [-0.2, -0.15) is 0 Å². The number of rotatable bonds is 0. The van der Waals surface area contributed by atoms with Crippen molar-refractivity contribution in [1.29, 1.82) is 0 Å². The maximum atomic E-state index is 10.7. The van der Waals surface area contributed by atoms with Gasteiger partial charge in [0.2, 0.25) is 6.79 Å². The van der Waals surface area contributed by atoms with E-state index in [9.17, 15) is 5.11 Å². The van der Waals surface area contributed by atoms with Crippen LogP contribution in [0.2, 0.25) is 0 Å². The standard InChI is InChI=1S/C16H17NO3/c18-15-8-17-7-10-5-12-13(20-9-19-12)6-11(10)16(15)4-2-1-3-14(16)17/h1-2,5-6,14-15,18H,3-4,7-9H2/t14-,15+,16-/m0/s1. The van der Waals surface area contributed by atoms with Crippen molar-refractivity contribution in [3.63, 3.8) is 0 Å². The highest BCUT2D eigenvalue weighted by molar-refractivity contribution is 5.55. The number of nitrogens with zero attached hydrogens (tertiary/aromatic N) is 1. The van der Waals surface area contributed by atoms with Crippen LogP contribution in [0.5, 0.6) is 11.5 Å². The molecule has 20 heavy (non-hydrogen) atoms. The Hall–Kier alpha value is -1.52. The second kappa shape index (κ2) is 3.57. The van der Waals surface area contributed by atoms with Gasteiger partial charge in [-0.1, -0.05) is 12.2 Å². The first-order valence-corrected chi connectivity index (χ1v) is 7.29. The van der Waals surface area contributed by atoms with Crippen LogP contribution >= 0.6 is 0 Å². The second-order valence-electron chi connectivity index (χ2n) is 6.28. The molecule has 2 bridgehead atoms. The summed E-state index contributed by atoms with van der Waals surface area (Å²) in [5.41, 5.74) is 2.42. The number of ether oxygens (including phenoxy) is 2. The summed E-state index contributed by atoms with van der Waals surface area (Å²) < 4.78 is 11.0. The van der Waals surface area contributed by atoms with Gasteiger partial charge in [-0.3, -0.25) is 4.90 Å². The molecule has 1 aliphatic carbocycles. The molecule has 0 spiro atoms. The first-order valence-electron chi connectivity index (χ1n) is 7.29. The van der Waals surface area contributed by atoms with Crippen molar-refractivity contribution in [3.8, 4) is 11.5 Å². The molecule has 3 aliphatic heterocycles. The second-order valence-corrected chi connectivity index (χ2v) is 6.28. The van der Waals surface area contributed by atoms with Crippen LogP contribution in [0.3, 0.4) is 0 Å². The van der Waals surface area contributed by atoms with Gasteiger partial charge in [0.05, 0.1) is 6.10 Å². The molecule has 4 nitrogen and oxygen atoms in total. The maximum absolute atomic E-state index is 10.7. The van der Waals surface area contributed by atoms with Crippen LogP contribution in [0.1, 0.15) is 24.0 Å². The lowest BCUT2D eigenvalue weighted by Gasteiger charge is -2.46. The molecular weight excluding hydrogens is 254 g/mol. The number of allylic oxidation sites excluding steroid dienone is 1. The first kappa shape index (κ1) is 11.2. The van der Waals surface area contributed by atoms with Gasteiger partial charge in [-0.05, 0) is 36.1 Å². The lowest BCUT2D eigenvalue weighted by molar-refractivity contribution is 0.103.